The zero-order valence-corrected chi connectivity index (χ0v) is 9.47. The maximum absolute atomic E-state index is 10.4. The van der Waals surface area contributed by atoms with Gasteiger partial charge in [-0.25, -0.2) is 0 Å². The Balaban J connectivity index is 2.95. The van der Waals surface area contributed by atoms with E-state index in [0.29, 0.717) is 5.82 Å². The average Bonchev–Trinajstić information content (AvgIpc) is 2.25. The molecule has 0 aliphatic rings. The van der Waals surface area contributed by atoms with Crippen molar-refractivity contribution in [2.75, 3.05) is 19.0 Å². The van der Waals surface area contributed by atoms with E-state index in [-0.39, 0.29) is 0 Å². The lowest BCUT2D eigenvalue weighted by Crippen LogP contribution is -2.26. The number of nitrogens with zero attached hydrogens (tertiary/aromatic N) is 3. The fourth-order valence-electron chi connectivity index (χ4n) is 1.22. The summed E-state index contributed by atoms with van der Waals surface area (Å²) in [5, 5.41) is 13.2. The minimum absolute atomic E-state index is 0.399. The summed E-state index contributed by atoms with van der Waals surface area (Å²) < 4.78 is 0. The number of hydrogen-bond donors (Lipinski definition) is 1. The van der Waals surface area contributed by atoms with Gasteiger partial charge in [0, 0.05) is 19.8 Å². The molecular weight excluding hydrogens is 208 g/mol. The lowest BCUT2D eigenvalue weighted by atomic mass is 10.3. The summed E-state index contributed by atoms with van der Waals surface area (Å²) in [5.74, 6) is 0.399. The summed E-state index contributed by atoms with van der Waals surface area (Å²) in [6.45, 7) is 1.88. The van der Waals surface area contributed by atoms with Crippen LogP contribution >= 0.6 is 0 Å². The van der Waals surface area contributed by atoms with E-state index in [1.807, 2.05) is 19.1 Å². The summed E-state index contributed by atoms with van der Waals surface area (Å²) in [6, 6.07) is 3.71. The fourth-order valence-corrected chi connectivity index (χ4v) is 1.22. The van der Waals surface area contributed by atoms with E-state index in [1.165, 1.54) is 0 Å². The van der Waals surface area contributed by atoms with Gasteiger partial charge in [-0.1, -0.05) is 0 Å². The van der Waals surface area contributed by atoms with Crippen LogP contribution in [0, 0.1) is 17.0 Å². The second kappa shape index (κ2) is 5.11. The van der Waals surface area contributed by atoms with Gasteiger partial charge in [-0.05, 0) is 19.1 Å². The summed E-state index contributed by atoms with van der Waals surface area (Å²) in [7, 11) is 3.37. The molecule has 0 aliphatic carbocycles. The first-order valence-corrected chi connectivity index (χ1v) is 4.74. The Hall–Kier alpha value is -2.11. The van der Waals surface area contributed by atoms with Gasteiger partial charge in [0.25, 0.3) is 6.20 Å². The molecule has 0 radical (unpaired) electrons. The zero-order valence-electron chi connectivity index (χ0n) is 9.47. The normalized spacial score (nSPS) is 11.1. The Kier molecular flexibility index (Phi) is 3.82. The van der Waals surface area contributed by atoms with Crippen LogP contribution in [-0.4, -0.2) is 24.0 Å². The van der Waals surface area contributed by atoms with Crippen LogP contribution in [0.5, 0.6) is 0 Å². The van der Waals surface area contributed by atoms with Crippen molar-refractivity contribution in [3.63, 3.8) is 0 Å². The predicted molar refractivity (Wildman–Crippen MR) is 61.5 cm³/mol. The van der Waals surface area contributed by atoms with Gasteiger partial charge in [0.15, 0.2) is 5.82 Å². The molecule has 0 saturated heterocycles. The first kappa shape index (κ1) is 12.0. The molecule has 0 spiro atoms. The summed E-state index contributed by atoms with van der Waals surface area (Å²) in [4.78, 5) is 15.7. The Morgan fingerprint density at radius 3 is 2.75 bits per heavy atom. The van der Waals surface area contributed by atoms with Crippen molar-refractivity contribution < 1.29 is 4.92 Å². The van der Waals surface area contributed by atoms with E-state index in [4.69, 9.17) is 0 Å². The number of rotatable bonds is 4. The standard InChI is InChI=1S/C10H14N4O2/c1-8-4-5-9(6-12-8)13(3)10(11-2)7-14(15)16/h4-7,11H,1-3H3/b10-7-. The molecule has 1 rings (SSSR count). The zero-order chi connectivity index (χ0) is 12.1. The fraction of sp³-hybridized carbons (Fsp3) is 0.300. The molecule has 0 amide bonds. The molecule has 0 aromatic carbocycles. The summed E-state index contributed by atoms with van der Waals surface area (Å²) >= 11 is 0. The number of nitro groups is 1. The van der Waals surface area contributed by atoms with Crippen molar-refractivity contribution in [3.05, 3.63) is 46.2 Å². The van der Waals surface area contributed by atoms with Gasteiger partial charge >= 0.3 is 0 Å². The SMILES string of the molecule is CN/C(=C/[N+](=O)[O-])N(C)c1ccc(C)nc1. The summed E-state index contributed by atoms with van der Waals surface area (Å²) in [5.41, 5.74) is 1.69. The molecule has 1 heterocycles. The number of hydrogen-bond acceptors (Lipinski definition) is 5. The minimum Gasteiger partial charge on any atom is -0.369 e. The average molecular weight is 222 g/mol. The van der Waals surface area contributed by atoms with E-state index in [1.54, 1.807) is 25.2 Å². The number of anilines is 1. The Bertz CT molecular complexity index is 400. The van der Waals surface area contributed by atoms with Crippen LogP contribution in [0.25, 0.3) is 0 Å². The topological polar surface area (TPSA) is 71.3 Å². The molecule has 0 aliphatic heterocycles. The van der Waals surface area contributed by atoms with Gasteiger partial charge in [-0.2, -0.15) is 0 Å². The van der Waals surface area contributed by atoms with E-state index < -0.39 is 4.92 Å². The predicted octanol–water partition coefficient (Wildman–Crippen LogP) is 1.12. The number of aromatic nitrogens is 1. The molecule has 1 aromatic heterocycles. The highest BCUT2D eigenvalue weighted by Crippen LogP contribution is 2.14. The van der Waals surface area contributed by atoms with Crippen LogP contribution in [0.3, 0.4) is 0 Å². The third kappa shape index (κ3) is 2.94. The van der Waals surface area contributed by atoms with Crippen molar-refractivity contribution in [2.24, 2.45) is 0 Å². The lowest BCUT2D eigenvalue weighted by molar-refractivity contribution is -0.403. The molecule has 1 aromatic rings. The lowest BCUT2D eigenvalue weighted by Gasteiger charge is -2.19. The van der Waals surface area contributed by atoms with Gasteiger partial charge in [-0.15, -0.1) is 0 Å². The highest BCUT2D eigenvalue weighted by atomic mass is 16.6. The largest absolute Gasteiger partial charge is 0.369 e. The molecule has 6 heteroatoms. The van der Waals surface area contributed by atoms with Crippen LogP contribution in [0.4, 0.5) is 5.69 Å². The summed E-state index contributed by atoms with van der Waals surface area (Å²) in [6.07, 6.45) is 2.58. The van der Waals surface area contributed by atoms with Crippen LogP contribution in [0.1, 0.15) is 5.69 Å². The highest BCUT2D eigenvalue weighted by molar-refractivity contribution is 5.48. The van der Waals surface area contributed by atoms with Gasteiger partial charge in [0.1, 0.15) is 0 Å². The molecular formula is C10H14N4O2. The third-order valence-corrected chi connectivity index (χ3v) is 2.13. The number of pyridine rings is 1. The molecule has 0 saturated carbocycles. The monoisotopic (exact) mass is 222 g/mol. The van der Waals surface area contributed by atoms with E-state index in [0.717, 1.165) is 17.6 Å². The minimum atomic E-state index is -0.496. The molecule has 0 atom stereocenters. The third-order valence-electron chi connectivity index (χ3n) is 2.13. The Morgan fingerprint density at radius 1 is 1.62 bits per heavy atom. The van der Waals surface area contributed by atoms with Crippen molar-refractivity contribution in [1.82, 2.24) is 10.3 Å². The first-order valence-electron chi connectivity index (χ1n) is 4.74. The maximum atomic E-state index is 10.4. The van der Waals surface area contributed by atoms with E-state index in [9.17, 15) is 10.1 Å². The van der Waals surface area contributed by atoms with Gasteiger partial charge < -0.3 is 10.2 Å². The second-order valence-corrected chi connectivity index (χ2v) is 3.27. The van der Waals surface area contributed by atoms with Gasteiger partial charge in [0.2, 0.25) is 0 Å². The number of aryl methyl sites for hydroxylation is 1. The smallest absolute Gasteiger partial charge is 0.274 e. The molecule has 1 N–H and O–H groups in total. The molecule has 86 valence electrons. The van der Waals surface area contributed by atoms with Crippen molar-refractivity contribution in [1.29, 1.82) is 0 Å². The first-order chi connectivity index (χ1) is 7.54. The molecule has 6 nitrogen and oxygen atoms in total. The Morgan fingerprint density at radius 2 is 2.31 bits per heavy atom. The Labute approximate surface area is 93.7 Å². The molecule has 0 bridgehead atoms. The van der Waals surface area contributed by atoms with Crippen LogP contribution < -0.4 is 10.2 Å². The quantitative estimate of drug-likeness (QED) is 0.610. The maximum Gasteiger partial charge on any atom is 0.274 e. The molecule has 16 heavy (non-hydrogen) atoms. The van der Waals surface area contributed by atoms with E-state index >= 15 is 0 Å². The van der Waals surface area contributed by atoms with Crippen molar-refractivity contribution in [2.45, 2.75) is 6.92 Å². The van der Waals surface area contributed by atoms with Gasteiger partial charge in [-0.3, -0.25) is 15.1 Å². The second-order valence-electron chi connectivity index (χ2n) is 3.27. The van der Waals surface area contributed by atoms with Crippen molar-refractivity contribution >= 4 is 5.69 Å². The number of nitrogens with one attached hydrogen (secondary N) is 1. The van der Waals surface area contributed by atoms with Crippen LogP contribution in [0.2, 0.25) is 0 Å². The van der Waals surface area contributed by atoms with Crippen LogP contribution in [0.15, 0.2) is 30.4 Å². The highest BCUT2D eigenvalue weighted by Gasteiger charge is 2.09. The van der Waals surface area contributed by atoms with E-state index in [2.05, 4.69) is 10.3 Å². The molecule has 0 unspecified atom stereocenters. The van der Waals surface area contributed by atoms with Gasteiger partial charge in [0.05, 0.1) is 16.8 Å². The van der Waals surface area contributed by atoms with Crippen LogP contribution in [-0.2, 0) is 0 Å². The van der Waals surface area contributed by atoms with Crippen molar-refractivity contribution in [3.8, 4) is 0 Å². The molecule has 0 fully saturated rings.